The minimum Gasteiger partial charge on any atom is -0.0928 e. The molecule has 0 aliphatic heterocycles. The lowest BCUT2D eigenvalue weighted by molar-refractivity contribution is 0.372. The van der Waals surface area contributed by atoms with E-state index in [1.807, 2.05) is 0 Å². The summed E-state index contributed by atoms with van der Waals surface area (Å²) in [5, 5.41) is 1.10. The van der Waals surface area contributed by atoms with Gasteiger partial charge in [-0.15, -0.1) is 0 Å². The molecule has 0 aromatic carbocycles. The molecule has 0 saturated carbocycles. The van der Waals surface area contributed by atoms with Crippen LogP contribution < -0.4 is 0 Å². The Kier molecular flexibility index (Phi) is 5.22. The zero-order valence-corrected chi connectivity index (χ0v) is 10.1. The average Bonchev–Trinajstić information content (AvgIpc) is 1.59. The molecule has 0 rings (SSSR count). The van der Waals surface area contributed by atoms with Gasteiger partial charge in [-0.2, -0.15) is 0 Å². The fraction of sp³-hybridized carbons (Fsp3) is 1.00. The molecule has 0 aromatic heterocycles. The van der Waals surface area contributed by atoms with Crippen LogP contribution in [0.3, 0.4) is 0 Å². The van der Waals surface area contributed by atoms with Crippen molar-refractivity contribution in [2.45, 2.75) is 38.4 Å². The highest BCUT2D eigenvalue weighted by Crippen LogP contribution is 2.26. The third-order valence-corrected chi connectivity index (χ3v) is 2.50. The number of alkyl halides is 2. The Morgan fingerprint density at radius 2 is 1.80 bits per heavy atom. The van der Waals surface area contributed by atoms with Crippen LogP contribution in [0.5, 0.6) is 0 Å². The van der Waals surface area contributed by atoms with E-state index in [1.165, 1.54) is 12.8 Å². The summed E-state index contributed by atoms with van der Waals surface area (Å²) in [7, 11) is 0. The first-order valence-electron chi connectivity index (χ1n) is 3.66. The van der Waals surface area contributed by atoms with Gasteiger partial charge in [0, 0.05) is 10.2 Å². The van der Waals surface area contributed by atoms with Crippen LogP contribution in [0, 0.1) is 5.41 Å². The van der Waals surface area contributed by atoms with Gasteiger partial charge in [0.2, 0.25) is 0 Å². The van der Waals surface area contributed by atoms with Gasteiger partial charge >= 0.3 is 0 Å². The van der Waals surface area contributed by atoms with Crippen LogP contribution in [-0.2, 0) is 0 Å². The Morgan fingerprint density at radius 1 is 1.30 bits per heavy atom. The van der Waals surface area contributed by atoms with Gasteiger partial charge in [0.15, 0.2) is 0 Å². The van der Waals surface area contributed by atoms with Crippen molar-refractivity contribution in [3.8, 4) is 0 Å². The van der Waals surface area contributed by atoms with E-state index in [4.69, 9.17) is 0 Å². The maximum absolute atomic E-state index is 3.64. The highest BCUT2D eigenvalue weighted by molar-refractivity contribution is 9.10. The third-order valence-electron chi connectivity index (χ3n) is 1.26. The lowest BCUT2D eigenvalue weighted by atomic mass is 9.90. The average molecular weight is 272 g/mol. The molecule has 0 bridgehead atoms. The quantitative estimate of drug-likeness (QED) is 0.682. The highest BCUT2D eigenvalue weighted by Gasteiger charge is 2.15. The van der Waals surface area contributed by atoms with Crippen molar-refractivity contribution in [2.75, 3.05) is 5.33 Å². The molecule has 0 N–H and O–H groups in total. The van der Waals surface area contributed by atoms with E-state index in [9.17, 15) is 0 Å². The summed E-state index contributed by atoms with van der Waals surface area (Å²) in [6.07, 6.45) is 2.47. The molecule has 0 heterocycles. The van der Waals surface area contributed by atoms with Crippen molar-refractivity contribution < 1.29 is 0 Å². The lowest BCUT2D eigenvalue weighted by Gasteiger charge is -2.21. The Bertz CT molecular complexity index is 83.7. The Balaban J connectivity index is 3.47. The third kappa shape index (κ3) is 7.07. The first-order chi connectivity index (χ1) is 4.45. The first kappa shape index (κ1) is 11.0. The summed E-state index contributed by atoms with van der Waals surface area (Å²) in [5.74, 6) is 0. The second-order valence-electron chi connectivity index (χ2n) is 3.84. The van der Waals surface area contributed by atoms with Gasteiger partial charge in [0.1, 0.15) is 0 Å². The predicted octanol–water partition coefficient (Wildman–Crippen LogP) is 3.97. The second-order valence-corrected chi connectivity index (χ2v) is 5.93. The number of halogens is 2. The van der Waals surface area contributed by atoms with Gasteiger partial charge < -0.3 is 0 Å². The topological polar surface area (TPSA) is 0 Å². The van der Waals surface area contributed by atoms with Crippen LogP contribution >= 0.6 is 31.9 Å². The molecule has 0 aliphatic rings. The molecule has 0 radical (unpaired) electrons. The number of rotatable bonds is 3. The number of hydrogen-bond acceptors (Lipinski definition) is 0. The molecule has 62 valence electrons. The molecule has 2 heteroatoms. The van der Waals surface area contributed by atoms with Crippen molar-refractivity contribution in [1.82, 2.24) is 0 Å². The van der Waals surface area contributed by atoms with Crippen LogP contribution in [0.15, 0.2) is 0 Å². The summed E-state index contributed by atoms with van der Waals surface area (Å²) >= 11 is 7.07. The van der Waals surface area contributed by atoms with Gasteiger partial charge in [-0.05, 0) is 18.3 Å². The van der Waals surface area contributed by atoms with Gasteiger partial charge in [-0.1, -0.05) is 52.6 Å². The molecule has 0 spiro atoms. The van der Waals surface area contributed by atoms with E-state index in [2.05, 4.69) is 52.6 Å². The fourth-order valence-electron chi connectivity index (χ4n) is 0.885. The van der Waals surface area contributed by atoms with Crippen LogP contribution in [-0.4, -0.2) is 10.2 Å². The summed E-state index contributed by atoms with van der Waals surface area (Å²) < 4.78 is 0. The zero-order chi connectivity index (χ0) is 8.20. The highest BCUT2D eigenvalue weighted by atomic mass is 79.9. The van der Waals surface area contributed by atoms with Crippen molar-refractivity contribution >= 4 is 31.9 Å². The van der Waals surface area contributed by atoms with Crippen LogP contribution in [0.1, 0.15) is 33.6 Å². The molecule has 0 saturated heterocycles. The SMILES string of the molecule is CC(C)(C)CC(Br)CCBr. The van der Waals surface area contributed by atoms with Crippen LogP contribution in [0.2, 0.25) is 0 Å². The fourth-order valence-corrected chi connectivity index (χ4v) is 3.25. The minimum atomic E-state index is 0.455. The molecule has 1 unspecified atom stereocenters. The summed E-state index contributed by atoms with van der Waals surface area (Å²) in [6, 6.07) is 0. The maximum Gasteiger partial charge on any atom is 0.0158 e. The molecule has 0 aromatic rings. The molecule has 1 atom stereocenters. The molecule has 0 nitrogen and oxygen atoms in total. The van der Waals surface area contributed by atoms with Crippen molar-refractivity contribution in [1.29, 1.82) is 0 Å². The molecule has 0 aliphatic carbocycles. The molecule has 0 amide bonds. The number of hydrogen-bond donors (Lipinski definition) is 0. The molecular weight excluding hydrogens is 256 g/mol. The first-order valence-corrected chi connectivity index (χ1v) is 5.69. The van der Waals surface area contributed by atoms with E-state index >= 15 is 0 Å². The van der Waals surface area contributed by atoms with Gasteiger partial charge in [-0.25, -0.2) is 0 Å². The van der Waals surface area contributed by atoms with Crippen molar-refractivity contribution in [2.24, 2.45) is 5.41 Å². The molecule has 10 heavy (non-hydrogen) atoms. The lowest BCUT2D eigenvalue weighted by Crippen LogP contribution is -2.12. The summed E-state index contributed by atoms with van der Waals surface area (Å²) in [5.41, 5.74) is 0.455. The Hall–Kier alpha value is 0.960. The van der Waals surface area contributed by atoms with Gasteiger partial charge in [-0.3, -0.25) is 0 Å². The van der Waals surface area contributed by atoms with E-state index in [-0.39, 0.29) is 0 Å². The second kappa shape index (κ2) is 4.76. The van der Waals surface area contributed by atoms with E-state index in [1.54, 1.807) is 0 Å². The van der Waals surface area contributed by atoms with E-state index in [0.717, 1.165) is 5.33 Å². The summed E-state index contributed by atoms with van der Waals surface area (Å²) in [6.45, 7) is 6.82. The van der Waals surface area contributed by atoms with Crippen molar-refractivity contribution in [3.63, 3.8) is 0 Å². The predicted molar refractivity (Wildman–Crippen MR) is 55.2 cm³/mol. The van der Waals surface area contributed by atoms with Crippen LogP contribution in [0.25, 0.3) is 0 Å². The normalized spacial score (nSPS) is 15.3. The van der Waals surface area contributed by atoms with Gasteiger partial charge in [0.05, 0.1) is 0 Å². The zero-order valence-electron chi connectivity index (χ0n) is 6.95. The Labute approximate surface area is 81.0 Å². The van der Waals surface area contributed by atoms with E-state index in [0.29, 0.717) is 10.2 Å². The van der Waals surface area contributed by atoms with Gasteiger partial charge in [0.25, 0.3) is 0 Å². The monoisotopic (exact) mass is 270 g/mol. The molecular formula is C8H16Br2. The molecule has 0 fully saturated rings. The maximum atomic E-state index is 3.64. The van der Waals surface area contributed by atoms with E-state index < -0.39 is 0 Å². The van der Waals surface area contributed by atoms with Crippen molar-refractivity contribution in [3.05, 3.63) is 0 Å². The largest absolute Gasteiger partial charge is 0.0928 e. The minimum absolute atomic E-state index is 0.455. The Morgan fingerprint density at radius 3 is 2.10 bits per heavy atom. The van der Waals surface area contributed by atoms with Crippen LogP contribution in [0.4, 0.5) is 0 Å². The standard InChI is InChI=1S/C8H16Br2/c1-8(2,3)6-7(10)4-5-9/h7H,4-6H2,1-3H3. The summed E-state index contributed by atoms with van der Waals surface area (Å²) in [4.78, 5) is 0.673. The smallest absolute Gasteiger partial charge is 0.0158 e.